The minimum atomic E-state index is -3.84. The van der Waals surface area contributed by atoms with Gasteiger partial charge in [-0.2, -0.15) is 0 Å². The molecule has 0 aromatic heterocycles. The van der Waals surface area contributed by atoms with E-state index in [1.165, 1.54) is 28.6 Å². The molecule has 1 N–H and O–H groups in total. The van der Waals surface area contributed by atoms with Crippen molar-refractivity contribution >= 4 is 27.3 Å². The quantitative estimate of drug-likeness (QED) is 0.324. The summed E-state index contributed by atoms with van der Waals surface area (Å²) in [5.74, 6) is -0.395. The Kier molecular flexibility index (Phi) is 7.65. The van der Waals surface area contributed by atoms with Crippen LogP contribution in [0.15, 0.2) is 108 Å². The van der Waals surface area contributed by atoms with E-state index < -0.39 is 21.7 Å². The van der Waals surface area contributed by atoms with Crippen molar-refractivity contribution in [2.75, 3.05) is 16.2 Å². The summed E-state index contributed by atoms with van der Waals surface area (Å²) >= 11 is 0. The van der Waals surface area contributed by atoms with Gasteiger partial charge in [-0.15, -0.1) is 0 Å². The molecule has 1 amide bonds. The van der Waals surface area contributed by atoms with Gasteiger partial charge in [-0.25, -0.2) is 12.8 Å². The van der Waals surface area contributed by atoms with Crippen LogP contribution in [0.4, 0.5) is 15.8 Å². The second kappa shape index (κ2) is 11.0. The van der Waals surface area contributed by atoms with Crippen LogP contribution < -0.4 is 14.4 Å². The molecule has 0 fully saturated rings. The maximum absolute atomic E-state index is 13.6. The lowest BCUT2D eigenvalue weighted by Gasteiger charge is -2.25. The molecule has 0 unspecified atom stereocenters. The fourth-order valence-electron chi connectivity index (χ4n) is 3.49. The zero-order chi connectivity index (χ0) is 25.5. The molecule has 4 aromatic carbocycles. The molecule has 0 aliphatic carbocycles. The number of hydrogen-bond donors (Lipinski definition) is 1. The molecule has 0 heterocycles. The van der Waals surface area contributed by atoms with E-state index in [-0.39, 0.29) is 18.0 Å². The summed E-state index contributed by atoms with van der Waals surface area (Å²) in [6, 6.07) is 28.0. The van der Waals surface area contributed by atoms with Gasteiger partial charge in [-0.05, 0) is 73.2 Å². The minimum absolute atomic E-state index is 0.150. The number of carbonyl (C=O) groups excluding carboxylic acids is 1. The Morgan fingerprint density at radius 2 is 1.50 bits per heavy atom. The molecule has 4 aromatic rings. The first-order valence-electron chi connectivity index (χ1n) is 11.2. The van der Waals surface area contributed by atoms with Gasteiger partial charge >= 0.3 is 0 Å². The number of nitrogens with zero attached hydrogens (tertiary/aromatic N) is 1. The molecule has 0 radical (unpaired) electrons. The summed E-state index contributed by atoms with van der Waals surface area (Å²) in [6.07, 6.45) is 0. The topological polar surface area (TPSA) is 75.7 Å². The van der Waals surface area contributed by atoms with Gasteiger partial charge in [0.25, 0.3) is 15.9 Å². The van der Waals surface area contributed by atoms with Gasteiger partial charge in [0.1, 0.15) is 11.6 Å². The fraction of sp³-hybridized carbons (Fsp3) is 0.107. The zero-order valence-corrected chi connectivity index (χ0v) is 20.4. The number of benzene rings is 4. The molecular weight excluding hydrogens is 479 g/mol. The van der Waals surface area contributed by atoms with Gasteiger partial charge in [0.05, 0.1) is 17.1 Å². The summed E-state index contributed by atoms with van der Waals surface area (Å²) in [6.45, 7) is 1.79. The number of aryl methyl sites for hydroxylation is 1. The largest absolute Gasteiger partial charge is 0.484 e. The highest BCUT2D eigenvalue weighted by atomic mass is 32.2. The van der Waals surface area contributed by atoms with Crippen LogP contribution >= 0.6 is 0 Å². The predicted octanol–water partition coefficient (Wildman–Crippen LogP) is 5.55. The van der Waals surface area contributed by atoms with E-state index in [0.717, 1.165) is 11.1 Å². The molecule has 0 spiro atoms. The van der Waals surface area contributed by atoms with E-state index >= 15 is 0 Å². The van der Waals surface area contributed by atoms with Crippen molar-refractivity contribution in [1.29, 1.82) is 0 Å². The van der Waals surface area contributed by atoms with E-state index in [4.69, 9.17) is 4.74 Å². The number of halogens is 1. The normalized spacial score (nSPS) is 11.1. The maximum Gasteiger partial charge on any atom is 0.264 e. The third-order valence-electron chi connectivity index (χ3n) is 5.40. The van der Waals surface area contributed by atoms with Crippen LogP contribution in [0.3, 0.4) is 0 Å². The third-order valence-corrected chi connectivity index (χ3v) is 7.19. The Balaban J connectivity index is 1.50. The van der Waals surface area contributed by atoms with Crippen molar-refractivity contribution in [2.45, 2.75) is 18.4 Å². The number of rotatable bonds is 9. The molecule has 184 valence electrons. The molecule has 0 saturated heterocycles. The van der Waals surface area contributed by atoms with Crippen molar-refractivity contribution in [3.63, 3.8) is 0 Å². The Hall–Kier alpha value is -4.17. The lowest BCUT2D eigenvalue weighted by atomic mass is 10.2. The van der Waals surface area contributed by atoms with Crippen LogP contribution in [0.2, 0.25) is 0 Å². The van der Waals surface area contributed by atoms with Gasteiger partial charge in [-0.3, -0.25) is 9.10 Å². The number of hydrogen-bond acceptors (Lipinski definition) is 4. The highest BCUT2D eigenvalue weighted by molar-refractivity contribution is 7.92. The van der Waals surface area contributed by atoms with Crippen molar-refractivity contribution in [2.24, 2.45) is 0 Å². The molecule has 8 heteroatoms. The Bertz CT molecular complexity index is 1410. The summed E-state index contributed by atoms with van der Waals surface area (Å²) in [4.78, 5) is 12.3. The molecule has 4 rings (SSSR count). The lowest BCUT2D eigenvalue weighted by Crippen LogP contribution is -2.30. The molecular formula is C28H25FN2O4S. The van der Waals surface area contributed by atoms with Gasteiger partial charge < -0.3 is 10.1 Å². The van der Waals surface area contributed by atoms with E-state index in [1.54, 1.807) is 48.5 Å². The van der Waals surface area contributed by atoms with Crippen LogP contribution in [0.5, 0.6) is 5.75 Å². The van der Waals surface area contributed by atoms with Crippen molar-refractivity contribution in [1.82, 2.24) is 0 Å². The first kappa shape index (κ1) is 24.9. The van der Waals surface area contributed by atoms with Crippen LogP contribution in [-0.4, -0.2) is 20.9 Å². The molecule has 0 atom stereocenters. The van der Waals surface area contributed by atoms with Crippen LogP contribution in [-0.2, 0) is 21.4 Å². The lowest BCUT2D eigenvalue weighted by molar-refractivity contribution is -0.118. The maximum atomic E-state index is 13.6. The van der Waals surface area contributed by atoms with E-state index in [1.807, 2.05) is 37.3 Å². The number of ether oxygens (including phenoxy) is 1. The Morgan fingerprint density at radius 3 is 2.14 bits per heavy atom. The van der Waals surface area contributed by atoms with E-state index in [9.17, 15) is 17.6 Å². The van der Waals surface area contributed by atoms with Gasteiger partial charge in [0.2, 0.25) is 0 Å². The van der Waals surface area contributed by atoms with Crippen molar-refractivity contribution in [3.05, 3.63) is 120 Å². The van der Waals surface area contributed by atoms with E-state index in [0.29, 0.717) is 17.1 Å². The minimum Gasteiger partial charge on any atom is -0.484 e. The first-order chi connectivity index (χ1) is 17.3. The van der Waals surface area contributed by atoms with Crippen LogP contribution in [0.1, 0.15) is 11.1 Å². The molecule has 0 saturated carbocycles. The SMILES string of the molecule is Cc1ccc(S(=O)(=O)N(Cc2ccccc2)c2ccc(OCC(=O)Nc3ccc(F)cc3)cc2)cc1. The smallest absolute Gasteiger partial charge is 0.264 e. The zero-order valence-electron chi connectivity index (χ0n) is 19.6. The van der Waals surface area contributed by atoms with Crippen LogP contribution in [0.25, 0.3) is 0 Å². The molecule has 36 heavy (non-hydrogen) atoms. The molecule has 0 aliphatic rings. The molecule has 0 aliphatic heterocycles. The van der Waals surface area contributed by atoms with Gasteiger partial charge in [0.15, 0.2) is 6.61 Å². The number of sulfonamides is 1. The monoisotopic (exact) mass is 504 g/mol. The standard InChI is InChI=1S/C28H25FN2O4S/c1-21-7-17-27(18-8-21)36(33,34)31(19-22-5-3-2-4-6-22)25-13-15-26(16-14-25)35-20-28(32)30-24-11-9-23(29)10-12-24/h2-18H,19-20H2,1H3,(H,30,32). The second-order valence-electron chi connectivity index (χ2n) is 8.15. The summed E-state index contributed by atoms with van der Waals surface area (Å²) in [7, 11) is -3.84. The summed E-state index contributed by atoms with van der Waals surface area (Å²) in [5, 5.41) is 2.62. The first-order valence-corrected chi connectivity index (χ1v) is 12.7. The van der Waals surface area contributed by atoms with Gasteiger partial charge in [0, 0.05) is 5.69 Å². The Labute approximate surface area is 210 Å². The molecule has 6 nitrogen and oxygen atoms in total. The fourth-order valence-corrected chi connectivity index (χ4v) is 4.94. The van der Waals surface area contributed by atoms with Crippen molar-refractivity contribution < 1.29 is 22.3 Å². The number of nitrogens with one attached hydrogen (secondary N) is 1. The molecule has 0 bridgehead atoms. The third kappa shape index (κ3) is 6.28. The van der Waals surface area contributed by atoms with E-state index in [2.05, 4.69) is 5.32 Å². The average Bonchev–Trinajstić information content (AvgIpc) is 2.89. The summed E-state index contributed by atoms with van der Waals surface area (Å²) in [5.41, 5.74) is 2.72. The number of carbonyl (C=O) groups is 1. The predicted molar refractivity (Wildman–Crippen MR) is 138 cm³/mol. The highest BCUT2D eigenvalue weighted by Gasteiger charge is 2.25. The number of anilines is 2. The Morgan fingerprint density at radius 1 is 0.861 bits per heavy atom. The summed E-state index contributed by atoms with van der Waals surface area (Å²) < 4.78 is 47.0. The average molecular weight is 505 g/mol. The highest BCUT2D eigenvalue weighted by Crippen LogP contribution is 2.28. The second-order valence-corrected chi connectivity index (χ2v) is 10.0. The van der Waals surface area contributed by atoms with Crippen molar-refractivity contribution in [3.8, 4) is 5.75 Å². The van der Waals surface area contributed by atoms with Gasteiger partial charge in [-0.1, -0.05) is 48.0 Å². The number of amides is 1. The van der Waals surface area contributed by atoms with Crippen LogP contribution in [0, 0.1) is 12.7 Å².